The van der Waals surface area contributed by atoms with E-state index in [2.05, 4.69) is 53.2 Å². The Balaban J connectivity index is 1.82. The maximum atomic E-state index is 5.69. The second-order valence-corrected chi connectivity index (χ2v) is 6.04. The molecular weight excluding hydrogens is 280 g/mol. The molecule has 0 bridgehead atoms. The summed E-state index contributed by atoms with van der Waals surface area (Å²) in [4.78, 5) is 4.64. The second-order valence-electron chi connectivity index (χ2n) is 5.10. The van der Waals surface area contributed by atoms with E-state index in [4.69, 9.17) is 4.74 Å². The Morgan fingerprint density at radius 1 is 1.24 bits per heavy atom. The summed E-state index contributed by atoms with van der Waals surface area (Å²) in [5.74, 6) is 0.948. The summed E-state index contributed by atoms with van der Waals surface area (Å²) in [5, 5.41) is 4.58. The zero-order valence-electron chi connectivity index (χ0n) is 12.5. The first-order valence-electron chi connectivity index (χ1n) is 7.45. The zero-order valence-corrected chi connectivity index (χ0v) is 13.3. The van der Waals surface area contributed by atoms with Crippen molar-refractivity contribution in [3.8, 4) is 5.75 Å². The number of fused-ring (bicyclic) bond motifs is 1. The number of hydrogen-bond donors (Lipinski definition) is 0. The van der Waals surface area contributed by atoms with Crippen molar-refractivity contribution in [2.75, 3.05) is 6.61 Å². The molecule has 0 atom stereocenters. The second kappa shape index (κ2) is 6.31. The number of ether oxygens (including phenoxy) is 1. The molecule has 0 aliphatic rings. The van der Waals surface area contributed by atoms with Gasteiger partial charge in [-0.1, -0.05) is 13.8 Å². The Kier molecular flexibility index (Phi) is 4.25. The molecule has 2 heterocycles. The summed E-state index contributed by atoms with van der Waals surface area (Å²) in [6, 6.07) is 8.43. The molecule has 3 nitrogen and oxygen atoms in total. The van der Waals surface area contributed by atoms with Crippen LogP contribution in [0.25, 0.3) is 10.9 Å². The van der Waals surface area contributed by atoms with E-state index in [-0.39, 0.29) is 0 Å². The van der Waals surface area contributed by atoms with Crippen molar-refractivity contribution in [1.29, 1.82) is 0 Å². The molecule has 3 aromatic rings. The predicted molar refractivity (Wildman–Crippen MR) is 88.3 cm³/mol. The van der Waals surface area contributed by atoms with Gasteiger partial charge < -0.3 is 9.30 Å². The Hall–Kier alpha value is -1.81. The highest BCUT2D eigenvalue weighted by Gasteiger charge is 2.06. The van der Waals surface area contributed by atoms with Gasteiger partial charge in [-0.25, -0.2) is 4.98 Å². The van der Waals surface area contributed by atoms with E-state index in [0.717, 1.165) is 37.4 Å². The summed E-state index contributed by atoms with van der Waals surface area (Å²) in [6.45, 7) is 5.86. The van der Waals surface area contributed by atoms with E-state index >= 15 is 0 Å². The van der Waals surface area contributed by atoms with Crippen molar-refractivity contribution in [3.63, 3.8) is 0 Å². The number of thiazole rings is 1. The smallest absolute Gasteiger partial charge is 0.120 e. The molecule has 4 heteroatoms. The molecule has 0 fully saturated rings. The fraction of sp³-hybridized carbons (Fsp3) is 0.353. The van der Waals surface area contributed by atoms with Gasteiger partial charge in [0, 0.05) is 22.5 Å². The molecule has 0 unspecified atom stereocenters. The lowest BCUT2D eigenvalue weighted by molar-refractivity contribution is 0.318. The van der Waals surface area contributed by atoms with Gasteiger partial charge in [0.2, 0.25) is 0 Å². The van der Waals surface area contributed by atoms with Crippen molar-refractivity contribution in [2.45, 2.75) is 33.2 Å². The van der Waals surface area contributed by atoms with Gasteiger partial charge in [-0.05, 0) is 37.1 Å². The Morgan fingerprint density at radius 3 is 2.90 bits per heavy atom. The van der Waals surface area contributed by atoms with Crippen molar-refractivity contribution in [3.05, 3.63) is 46.5 Å². The summed E-state index contributed by atoms with van der Waals surface area (Å²) >= 11 is 1.74. The lowest BCUT2D eigenvalue weighted by atomic mass is 10.2. The van der Waals surface area contributed by atoms with E-state index in [1.807, 2.05) is 6.07 Å². The number of rotatable bonds is 6. The molecule has 3 rings (SSSR count). The molecule has 110 valence electrons. The molecule has 0 spiro atoms. The molecule has 1 aromatic carbocycles. The van der Waals surface area contributed by atoms with Crippen molar-refractivity contribution < 1.29 is 4.74 Å². The third-order valence-electron chi connectivity index (χ3n) is 3.45. The molecule has 0 radical (unpaired) electrons. The van der Waals surface area contributed by atoms with Crippen LogP contribution in [0.15, 0.2) is 35.8 Å². The highest BCUT2D eigenvalue weighted by Crippen LogP contribution is 2.23. The number of benzene rings is 1. The molecule has 0 aliphatic heterocycles. The predicted octanol–water partition coefficient (Wildman–Crippen LogP) is 4.50. The number of aryl methyl sites for hydroxylation is 1. The fourth-order valence-electron chi connectivity index (χ4n) is 2.38. The van der Waals surface area contributed by atoms with Crippen molar-refractivity contribution >= 4 is 22.2 Å². The van der Waals surface area contributed by atoms with E-state index in [1.165, 1.54) is 15.9 Å². The van der Waals surface area contributed by atoms with E-state index < -0.39 is 0 Å². The Morgan fingerprint density at radius 2 is 2.14 bits per heavy atom. The van der Waals surface area contributed by atoms with Gasteiger partial charge in [0.15, 0.2) is 0 Å². The highest BCUT2D eigenvalue weighted by molar-refractivity contribution is 7.09. The molecule has 0 amide bonds. The molecule has 0 saturated carbocycles. The number of aromatic nitrogens is 2. The summed E-state index contributed by atoms with van der Waals surface area (Å²) in [5.41, 5.74) is 2.37. The van der Waals surface area contributed by atoms with Crippen LogP contribution in [0, 0.1) is 0 Å². The van der Waals surface area contributed by atoms with E-state index in [9.17, 15) is 0 Å². The largest absolute Gasteiger partial charge is 0.494 e. The van der Waals surface area contributed by atoms with Crippen LogP contribution in [0.5, 0.6) is 5.75 Å². The first kappa shape index (κ1) is 14.1. The van der Waals surface area contributed by atoms with Crippen LogP contribution in [0.1, 0.15) is 31.0 Å². The van der Waals surface area contributed by atoms with Crippen LogP contribution >= 0.6 is 11.3 Å². The van der Waals surface area contributed by atoms with Gasteiger partial charge in [-0.2, -0.15) is 0 Å². The van der Waals surface area contributed by atoms with E-state index in [1.54, 1.807) is 11.3 Å². The topological polar surface area (TPSA) is 27.1 Å². The van der Waals surface area contributed by atoms with Gasteiger partial charge in [-0.15, -0.1) is 11.3 Å². The molecule has 2 aromatic heterocycles. The summed E-state index contributed by atoms with van der Waals surface area (Å²) in [7, 11) is 0. The van der Waals surface area contributed by atoms with Crippen LogP contribution in [0.2, 0.25) is 0 Å². The first-order valence-corrected chi connectivity index (χ1v) is 8.33. The van der Waals surface area contributed by atoms with Crippen LogP contribution in [-0.4, -0.2) is 16.2 Å². The third-order valence-corrected chi connectivity index (χ3v) is 4.49. The minimum absolute atomic E-state index is 0.769. The van der Waals surface area contributed by atoms with Gasteiger partial charge in [0.25, 0.3) is 0 Å². The average Bonchev–Trinajstić information content (AvgIpc) is 3.12. The van der Waals surface area contributed by atoms with Gasteiger partial charge in [-0.3, -0.25) is 0 Å². The summed E-state index contributed by atoms with van der Waals surface area (Å²) in [6.07, 6.45) is 4.16. The van der Waals surface area contributed by atoms with Crippen LogP contribution in [0.3, 0.4) is 0 Å². The Bertz CT molecular complexity index is 729. The summed E-state index contributed by atoms with van der Waals surface area (Å²) < 4.78 is 7.93. The number of nitrogens with zero attached hydrogens (tertiary/aromatic N) is 2. The lowest BCUT2D eigenvalue weighted by Gasteiger charge is -2.06. The molecular formula is C17H20N2OS. The SMILES string of the molecule is CCCOc1ccc2c(ccn2Cc2csc(CC)n2)c1. The average molecular weight is 300 g/mol. The standard InChI is InChI=1S/C17H20N2OS/c1-3-9-20-15-5-6-16-13(10-15)7-8-19(16)11-14-12-21-17(4-2)18-14/h5-8,10,12H,3-4,9,11H2,1-2H3. The Labute approximate surface area is 129 Å². The fourth-order valence-corrected chi connectivity index (χ4v) is 3.12. The van der Waals surface area contributed by atoms with Crippen LogP contribution in [0.4, 0.5) is 0 Å². The quantitative estimate of drug-likeness (QED) is 0.670. The zero-order chi connectivity index (χ0) is 14.7. The number of hydrogen-bond acceptors (Lipinski definition) is 3. The minimum atomic E-state index is 0.769. The van der Waals surface area contributed by atoms with Gasteiger partial charge in [0.1, 0.15) is 5.75 Å². The molecule has 0 aliphatic carbocycles. The molecule has 21 heavy (non-hydrogen) atoms. The van der Waals surface area contributed by atoms with Crippen LogP contribution < -0.4 is 4.74 Å². The van der Waals surface area contributed by atoms with Crippen molar-refractivity contribution in [1.82, 2.24) is 9.55 Å². The lowest BCUT2D eigenvalue weighted by Crippen LogP contribution is -1.99. The van der Waals surface area contributed by atoms with Gasteiger partial charge in [0.05, 0.1) is 23.9 Å². The molecule has 0 saturated heterocycles. The molecule has 0 N–H and O–H groups in total. The normalized spacial score (nSPS) is 11.1. The van der Waals surface area contributed by atoms with Crippen molar-refractivity contribution in [2.24, 2.45) is 0 Å². The van der Waals surface area contributed by atoms with E-state index in [0.29, 0.717) is 0 Å². The third kappa shape index (κ3) is 3.10. The maximum Gasteiger partial charge on any atom is 0.120 e. The maximum absolute atomic E-state index is 5.69. The first-order chi connectivity index (χ1) is 10.3. The van der Waals surface area contributed by atoms with Crippen LogP contribution in [-0.2, 0) is 13.0 Å². The highest BCUT2D eigenvalue weighted by atomic mass is 32.1. The minimum Gasteiger partial charge on any atom is -0.494 e. The monoisotopic (exact) mass is 300 g/mol. The van der Waals surface area contributed by atoms with Gasteiger partial charge >= 0.3 is 0 Å².